The molecule has 0 saturated carbocycles. The number of hydrogen-bond donors (Lipinski definition) is 1. The van der Waals surface area contributed by atoms with E-state index in [2.05, 4.69) is 9.88 Å². The van der Waals surface area contributed by atoms with Gasteiger partial charge in [0.05, 0.1) is 5.52 Å². The number of rotatable bonds is 3. The number of fused-ring (bicyclic) bond motifs is 1. The lowest BCUT2D eigenvalue weighted by atomic mass is 9.93. The van der Waals surface area contributed by atoms with Gasteiger partial charge in [0.15, 0.2) is 0 Å². The molecule has 0 atom stereocenters. The van der Waals surface area contributed by atoms with Crippen LogP contribution in [0.5, 0.6) is 0 Å². The molecular formula is C16H18FN3O. The third kappa shape index (κ3) is 2.96. The number of hydrogen-bond acceptors (Lipinski definition) is 3. The van der Waals surface area contributed by atoms with E-state index in [0.29, 0.717) is 12.3 Å². The fraction of sp³-hybridized carbons (Fsp3) is 0.375. The number of amides is 1. The van der Waals surface area contributed by atoms with Gasteiger partial charge in [-0.15, -0.1) is 0 Å². The van der Waals surface area contributed by atoms with E-state index in [4.69, 9.17) is 5.73 Å². The maximum Gasteiger partial charge on any atom is 0.217 e. The van der Waals surface area contributed by atoms with E-state index in [-0.39, 0.29) is 11.7 Å². The molecule has 1 aliphatic heterocycles. The van der Waals surface area contributed by atoms with Crippen LogP contribution in [0.2, 0.25) is 0 Å². The number of piperidine rings is 1. The largest absolute Gasteiger partial charge is 0.371 e. The second-order valence-electron chi connectivity index (χ2n) is 5.59. The van der Waals surface area contributed by atoms with Crippen LogP contribution in [-0.4, -0.2) is 24.0 Å². The highest BCUT2D eigenvalue weighted by atomic mass is 19.1. The molecule has 21 heavy (non-hydrogen) atoms. The Labute approximate surface area is 122 Å². The lowest BCUT2D eigenvalue weighted by molar-refractivity contribution is -0.119. The Morgan fingerprint density at radius 3 is 2.81 bits per heavy atom. The summed E-state index contributed by atoms with van der Waals surface area (Å²) in [6.07, 6.45) is 4.08. The van der Waals surface area contributed by atoms with E-state index < -0.39 is 0 Å². The monoisotopic (exact) mass is 287 g/mol. The Hall–Kier alpha value is -2.17. The number of nitrogens with two attached hydrogens (primary N) is 1. The van der Waals surface area contributed by atoms with Gasteiger partial charge in [-0.3, -0.25) is 9.78 Å². The van der Waals surface area contributed by atoms with Gasteiger partial charge >= 0.3 is 0 Å². The van der Waals surface area contributed by atoms with Crippen LogP contribution in [-0.2, 0) is 4.79 Å². The molecule has 5 heteroatoms. The van der Waals surface area contributed by atoms with Crippen molar-refractivity contribution in [2.45, 2.75) is 19.3 Å². The van der Waals surface area contributed by atoms with Gasteiger partial charge in [-0.25, -0.2) is 4.39 Å². The molecule has 2 aromatic rings. The quantitative estimate of drug-likeness (QED) is 0.943. The minimum absolute atomic E-state index is 0.232. The molecule has 1 aromatic heterocycles. The van der Waals surface area contributed by atoms with Crippen LogP contribution in [0.1, 0.15) is 19.3 Å². The van der Waals surface area contributed by atoms with Crippen LogP contribution < -0.4 is 10.6 Å². The number of anilines is 1. The van der Waals surface area contributed by atoms with Gasteiger partial charge in [-0.05, 0) is 43.0 Å². The van der Waals surface area contributed by atoms with Crippen molar-refractivity contribution in [2.24, 2.45) is 11.7 Å². The standard InChI is InChI=1S/C16H18FN3O/c17-12-1-2-14-13(10-12)15(3-6-19-14)20-7-4-11(5-8-20)9-16(18)21/h1-3,6,10-11H,4-5,7-9H2,(H2,18,21). The first-order valence-corrected chi connectivity index (χ1v) is 7.21. The Morgan fingerprint density at radius 1 is 1.33 bits per heavy atom. The second kappa shape index (κ2) is 5.68. The minimum Gasteiger partial charge on any atom is -0.371 e. The first-order valence-electron chi connectivity index (χ1n) is 7.21. The average Bonchev–Trinajstić information content (AvgIpc) is 2.47. The van der Waals surface area contributed by atoms with Crippen molar-refractivity contribution in [2.75, 3.05) is 18.0 Å². The summed E-state index contributed by atoms with van der Waals surface area (Å²) in [4.78, 5) is 17.5. The molecule has 2 N–H and O–H groups in total. The highest BCUT2D eigenvalue weighted by Gasteiger charge is 2.22. The number of carbonyl (C=O) groups is 1. The zero-order valence-corrected chi connectivity index (χ0v) is 11.8. The second-order valence-corrected chi connectivity index (χ2v) is 5.59. The number of nitrogens with zero attached hydrogens (tertiary/aromatic N) is 2. The van der Waals surface area contributed by atoms with Crippen LogP contribution in [0.4, 0.5) is 10.1 Å². The molecule has 1 fully saturated rings. The van der Waals surface area contributed by atoms with Crippen molar-refractivity contribution < 1.29 is 9.18 Å². The first kappa shape index (κ1) is 13.8. The zero-order valence-electron chi connectivity index (χ0n) is 11.8. The highest BCUT2D eigenvalue weighted by Crippen LogP contribution is 2.30. The van der Waals surface area contributed by atoms with E-state index in [9.17, 15) is 9.18 Å². The molecule has 1 saturated heterocycles. The van der Waals surface area contributed by atoms with Gasteiger partial charge < -0.3 is 10.6 Å². The van der Waals surface area contributed by atoms with Crippen LogP contribution in [0.25, 0.3) is 10.9 Å². The van der Waals surface area contributed by atoms with Gasteiger partial charge in [-0.1, -0.05) is 0 Å². The van der Waals surface area contributed by atoms with Crippen LogP contribution in [0.3, 0.4) is 0 Å². The van der Waals surface area contributed by atoms with E-state index in [1.165, 1.54) is 12.1 Å². The predicted molar refractivity (Wildman–Crippen MR) is 80.4 cm³/mol. The maximum atomic E-state index is 13.5. The van der Waals surface area contributed by atoms with Gasteiger partial charge in [0.2, 0.25) is 5.91 Å². The Balaban J connectivity index is 1.82. The number of halogens is 1. The molecule has 1 aliphatic rings. The first-order chi connectivity index (χ1) is 10.1. The number of carbonyl (C=O) groups excluding carboxylic acids is 1. The number of primary amides is 1. The molecular weight excluding hydrogens is 269 g/mol. The molecule has 0 aliphatic carbocycles. The van der Waals surface area contributed by atoms with Crippen molar-refractivity contribution in [3.8, 4) is 0 Å². The van der Waals surface area contributed by atoms with E-state index in [1.54, 1.807) is 12.3 Å². The highest BCUT2D eigenvalue weighted by molar-refractivity contribution is 5.91. The molecule has 2 heterocycles. The molecule has 1 aromatic carbocycles. The Morgan fingerprint density at radius 2 is 2.10 bits per heavy atom. The molecule has 0 bridgehead atoms. The summed E-state index contributed by atoms with van der Waals surface area (Å²) in [6.45, 7) is 1.71. The topological polar surface area (TPSA) is 59.2 Å². The Bertz CT molecular complexity index is 666. The lowest BCUT2D eigenvalue weighted by Crippen LogP contribution is -2.35. The molecule has 0 spiro atoms. The number of benzene rings is 1. The summed E-state index contributed by atoms with van der Waals surface area (Å²) < 4.78 is 13.5. The fourth-order valence-corrected chi connectivity index (χ4v) is 3.04. The smallest absolute Gasteiger partial charge is 0.217 e. The maximum absolute atomic E-state index is 13.5. The third-order valence-electron chi connectivity index (χ3n) is 4.13. The van der Waals surface area contributed by atoms with Crippen LogP contribution in [0, 0.1) is 11.7 Å². The van der Waals surface area contributed by atoms with E-state index in [0.717, 1.165) is 42.5 Å². The number of pyridine rings is 1. The average molecular weight is 287 g/mol. The van der Waals surface area contributed by atoms with Gasteiger partial charge in [0.1, 0.15) is 5.82 Å². The summed E-state index contributed by atoms with van der Waals surface area (Å²) in [6, 6.07) is 6.59. The van der Waals surface area contributed by atoms with Crippen molar-refractivity contribution in [1.29, 1.82) is 0 Å². The summed E-state index contributed by atoms with van der Waals surface area (Å²) in [5.74, 6) is -0.117. The van der Waals surface area contributed by atoms with Crippen molar-refractivity contribution in [3.05, 3.63) is 36.3 Å². The van der Waals surface area contributed by atoms with Crippen molar-refractivity contribution >= 4 is 22.5 Å². The number of aromatic nitrogens is 1. The molecule has 1 amide bonds. The third-order valence-corrected chi connectivity index (χ3v) is 4.13. The summed E-state index contributed by atoms with van der Waals surface area (Å²) in [7, 11) is 0. The molecule has 3 rings (SSSR count). The van der Waals surface area contributed by atoms with Crippen molar-refractivity contribution in [1.82, 2.24) is 4.98 Å². The van der Waals surface area contributed by atoms with Crippen molar-refractivity contribution in [3.63, 3.8) is 0 Å². The molecule has 0 radical (unpaired) electrons. The molecule has 110 valence electrons. The lowest BCUT2D eigenvalue weighted by Gasteiger charge is -2.33. The van der Waals surface area contributed by atoms with Crippen LogP contribution >= 0.6 is 0 Å². The van der Waals surface area contributed by atoms with Crippen LogP contribution in [0.15, 0.2) is 30.5 Å². The minimum atomic E-state index is -0.250. The van der Waals surface area contributed by atoms with Gasteiger partial charge in [-0.2, -0.15) is 0 Å². The summed E-state index contributed by atoms with van der Waals surface area (Å²) in [5.41, 5.74) is 7.07. The van der Waals surface area contributed by atoms with Gasteiger partial charge in [0.25, 0.3) is 0 Å². The SMILES string of the molecule is NC(=O)CC1CCN(c2ccnc3ccc(F)cc23)CC1. The zero-order chi connectivity index (χ0) is 14.8. The van der Waals surface area contributed by atoms with E-state index >= 15 is 0 Å². The van der Waals surface area contributed by atoms with Gasteiger partial charge in [0, 0.05) is 36.8 Å². The fourth-order valence-electron chi connectivity index (χ4n) is 3.04. The summed E-state index contributed by atoms with van der Waals surface area (Å²) in [5, 5.41) is 0.839. The Kier molecular flexibility index (Phi) is 3.73. The molecule has 0 unspecified atom stereocenters. The summed E-state index contributed by atoms with van der Waals surface area (Å²) >= 11 is 0. The predicted octanol–water partition coefficient (Wildman–Crippen LogP) is 2.47. The normalized spacial score (nSPS) is 16.3. The molecule has 4 nitrogen and oxygen atoms in total. The van der Waals surface area contributed by atoms with E-state index in [1.807, 2.05) is 6.07 Å².